The van der Waals surface area contributed by atoms with Crippen LogP contribution < -0.4 is 0 Å². The molecule has 4 heteroatoms. The van der Waals surface area contributed by atoms with Gasteiger partial charge in [-0.05, 0) is 40.8 Å². The lowest BCUT2D eigenvalue weighted by Crippen LogP contribution is -2.51. The first-order valence-electron chi connectivity index (χ1n) is 5.47. The number of piperidine rings is 1. The highest BCUT2D eigenvalue weighted by Crippen LogP contribution is 2.22. The van der Waals surface area contributed by atoms with Crippen LogP contribution in [0.2, 0.25) is 0 Å². The zero-order chi connectivity index (χ0) is 11.6. The standard InChI is InChI=1S/C11H21BrN2O/c1-11(2,12)10(15)14-7-5-6-9(8-14)13(3)4/h9H,5-8H2,1-4H3. The second kappa shape index (κ2) is 4.83. The average Bonchev–Trinajstić information content (AvgIpc) is 2.15. The Hall–Kier alpha value is -0.0900. The lowest BCUT2D eigenvalue weighted by Gasteiger charge is -2.38. The molecule has 0 aromatic rings. The monoisotopic (exact) mass is 276 g/mol. The lowest BCUT2D eigenvalue weighted by molar-refractivity contribution is -0.134. The Labute approximate surface area is 101 Å². The molecule has 1 saturated heterocycles. The summed E-state index contributed by atoms with van der Waals surface area (Å²) in [7, 11) is 4.16. The van der Waals surface area contributed by atoms with E-state index in [9.17, 15) is 4.79 Å². The van der Waals surface area contributed by atoms with Gasteiger partial charge in [0, 0.05) is 19.1 Å². The highest BCUT2D eigenvalue weighted by Gasteiger charge is 2.32. The van der Waals surface area contributed by atoms with E-state index in [4.69, 9.17) is 0 Å². The van der Waals surface area contributed by atoms with E-state index in [1.54, 1.807) is 0 Å². The minimum atomic E-state index is -0.429. The van der Waals surface area contributed by atoms with E-state index < -0.39 is 4.32 Å². The SMILES string of the molecule is CN(C)C1CCCN(C(=O)C(C)(C)Br)C1. The first kappa shape index (κ1) is 13.0. The second-order valence-electron chi connectivity index (χ2n) is 4.98. The summed E-state index contributed by atoms with van der Waals surface area (Å²) in [5, 5.41) is 0. The summed E-state index contributed by atoms with van der Waals surface area (Å²) in [6, 6.07) is 0.512. The number of hydrogen-bond donors (Lipinski definition) is 0. The van der Waals surface area contributed by atoms with Gasteiger partial charge >= 0.3 is 0 Å². The van der Waals surface area contributed by atoms with Gasteiger partial charge in [-0.15, -0.1) is 0 Å². The van der Waals surface area contributed by atoms with Gasteiger partial charge in [0.05, 0.1) is 4.32 Å². The highest BCUT2D eigenvalue weighted by molar-refractivity contribution is 9.10. The molecule has 1 rings (SSSR count). The summed E-state index contributed by atoms with van der Waals surface area (Å²) in [5.41, 5.74) is 0. The summed E-state index contributed by atoms with van der Waals surface area (Å²) >= 11 is 3.43. The average molecular weight is 277 g/mol. The molecule has 0 spiro atoms. The van der Waals surface area contributed by atoms with Crippen molar-refractivity contribution in [3.8, 4) is 0 Å². The maximum Gasteiger partial charge on any atom is 0.238 e. The number of likely N-dealkylation sites (N-methyl/N-ethyl adjacent to an activating group) is 1. The van der Waals surface area contributed by atoms with E-state index in [0.29, 0.717) is 6.04 Å². The summed E-state index contributed by atoms with van der Waals surface area (Å²) in [5.74, 6) is 0.203. The number of amides is 1. The van der Waals surface area contributed by atoms with Crippen LogP contribution in [0.1, 0.15) is 26.7 Å². The van der Waals surface area contributed by atoms with Gasteiger partial charge in [-0.25, -0.2) is 0 Å². The Kier molecular flexibility index (Phi) is 4.18. The van der Waals surface area contributed by atoms with Gasteiger partial charge in [-0.3, -0.25) is 4.79 Å². The number of carbonyl (C=O) groups is 1. The molecular weight excluding hydrogens is 256 g/mol. The van der Waals surface area contributed by atoms with Crippen molar-refractivity contribution in [2.75, 3.05) is 27.2 Å². The molecule has 0 aromatic carbocycles. The number of nitrogens with zero attached hydrogens (tertiary/aromatic N) is 2. The Morgan fingerprint density at radius 3 is 2.53 bits per heavy atom. The van der Waals surface area contributed by atoms with Crippen molar-refractivity contribution in [1.29, 1.82) is 0 Å². The molecule has 1 amide bonds. The maximum atomic E-state index is 12.0. The van der Waals surface area contributed by atoms with Crippen LogP contribution >= 0.6 is 15.9 Å². The molecule has 1 unspecified atom stereocenters. The maximum absolute atomic E-state index is 12.0. The molecule has 0 aliphatic carbocycles. The quantitative estimate of drug-likeness (QED) is 0.717. The molecule has 0 saturated carbocycles. The van der Waals surface area contributed by atoms with E-state index in [-0.39, 0.29) is 5.91 Å². The third-order valence-electron chi connectivity index (χ3n) is 2.92. The number of carbonyl (C=O) groups excluding carboxylic acids is 1. The Bertz CT molecular complexity index is 235. The summed E-state index contributed by atoms with van der Waals surface area (Å²) < 4.78 is -0.429. The van der Waals surface area contributed by atoms with E-state index >= 15 is 0 Å². The Morgan fingerprint density at radius 1 is 1.47 bits per heavy atom. The summed E-state index contributed by atoms with van der Waals surface area (Å²) in [6.45, 7) is 5.59. The lowest BCUT2D eigenvalue weighted by atomic mass is 10.0. The minimum Gasteiger partial charge on any atom is -0.340 e. The molecule has 88 valence electrons. The van der Waals surface area contributed by atoms with Gasteiger partial charge in [-0.2, -0.15) is 0 Å². The van der Waals surface area contributed by atoms with Gasteiger partial charge in [0.25, 0.3) is 0 Å². The minimum absolute atomic E-state index is 0.203. The molecule has 1 heterocycles. The largest absolute Gasteiger partial charge is 0.340 e. The van der Waals surface area contributed by atoms with Crippen LogP contribution in [-0.4, -0.2) is 53.3 Å². The van der Waals surface area contributed by atoms with E-state index in [1.165, 1.54) is 6.42 Å². The fraction of sp³-hybridized carbons (Fsp3) is 0.909. The van der Waals surface area contributed by atoms with Crippen molar-refractivity contribution in [2.45, 2.75) is 37.1 Å². The number of halogens is 1. The van der Waals surface area contributed by atoms with Gasteiger partial charge in [-0.1, -0.05) is 15.9 Å². The fourth-order valence-corrected chi connectivity index (χ4v) is 2.19. The van der Waals surface area contributed by atoms with Gasteiger partial charge in [0.1, 0.15) is 0 Å². The van der Waals surface area contributed by atoms with Crippen LogP contribution in [0.5, 0.6) is 0 Å². The zero-order valence-electron chi connectivity index (χ0n) is 10.1. The van der Waals surface area contributed by atoms with Gasteiger partial charge in [0.2, 0.25) is 5.91 Å². The number of likely N-dealkylation sites (tertiary alicyclic amines) is 1. The van der Waals surface area contributed by atoms with Crippen LogP contribution in [0.3, 0.4) is 0 Å². The first-order chi connectivity index (χ1) is 6.82. The van der Waals surface area contributed by atoms with Gasteiger partial charge in [0.15, 0.2) is 0 Å². The predicted octanol–water partition coefficient (Wildman–Crippen LogP) is 1.71. The van der Waals surface area contributed by atoms with Crippen LogP contribution in [0.15, 0.2) is 0 Å². The normalized spacial score (nSPS) is 23.3. The molecule has 1 atom stereocenters. The van der Waals surface area contributed by atoms with Crippen molar-refractivity contribution >= 4 is 21.8 Å². The summed E-state index contributed by atoms with van der Waals surface area (Å²) in [6.07, 6.45) is 2.30. The molecule has 1 aliphatic rings. The van der Waals surface area contributed by atoms with Crippen LogP contribution in [0.25, 0.3) is 0 Å². The molecule has 0 N–H and O–H groups in total. The third-order valence-corrected chi connectivity index (χ3v) is 3.26. The molecule has 3 nitrogen and oxygen atoms in total. The summed E-state index contributed by atoms with van der Waals surface area (Å²) in [4.78, 5) is 16.2. The molecular formula is C11H21BrN2O. The number of alkyl halides is 1. The number of rotatable bonds is 2. The van der Waals surface area contributed by atoms with Crippen molar-refractivity contribution in [2.24, 2.45) is 0 Å². The predicted molar refractivity (Wildman–Crippen MR) is 66.3 cm³/mol. The molecule has 0 bridgehead atoms. The van der Waals surface area contributed by atoms with E-state index in [0.717, 1.165) is 19.5 Å². The zero-order valence-corrected chi connectivity index (χ0v) is 11.7. The van der Waals surface area contributed by atoms with Crippen molar-refractivity contribution in [3.05, 3.63) is 0 Å². The molecule has 0 aromatic heterocycles. The van der Waals surface area contributed by atoms with Crippen LogP contribution in [0, 0.1) is 0 Å². The van der Waals surface area contributed by atoms with Crippen LogP contribution in [-0.2, 0) is 4.79 Å². The molecule has 0 radical (unpaired) electrons. The number of hydrogen-bond acceptors (Lipinski definition) is 2. The fourth-order valence-electron chi connectivity index (χ4n) is 1.94. The second-order valence-corrected chi connectivity index (χ2v) is 6.97. The van der Waals surface area contributed by atoms with Crippen LogP contribution in [0.4, 0.5) is 0 Å². The Balaban J connectivity index is 2.60. The molecule has 15 heavy (non-hydrogen) atoms. The van der Waals surface area contributed by atoms with Crippen molar-refractivity contribution in [1.82, 2.24) is 9.80 Å². The van der Waals surface area contributed by atoms with E-state index in [1.807, 2.05) is 18.7 Å². The molecule has 1 aliphatic heterocycles. The third kappa shape index (κ3) is 3.45. The smallest absolute Gasteiger partial charge is 0.238 e. The van der Waals surface area contributed by atoms with E-state index in [2.05, 4.69) is 34.9 Å². The van der Waals surface area contributed by atoms with Crippen molar-refractivity contribution < 1.29 is 4.79 Å². The highest BCUT2D eigenvalue weighted by atomic mass is 79.9. The van der Waals surface area contributed by atoms with Gasteiger partial charge < -0.3 is 9.80 Å². The topological polar surface area (TPSA) is 23.6 Å². The molecule has 1 fully saturated rings. The first-order valence-corrected chi connectivity index (χ1v) is 6.26. The van der Waals surface area contributed by atoms with Crippen molar-refractivity contribution in [3.63, 3.8) is 0 Å². The Morgan fingerprint density at radius 2 is 2.07 bits per heavy atom.